The molecule has 0 unspecified atom stereocenters. The number of methoxy groups -OCH3 is 1. The Kier molecular flexibility index (Phi) is 5.41. The van der Waals surface area contributed by atoms with E-state index in [4.69, 9.17) is 23.7 Å². The molecule has 7 nitrogen and oxygen atoms in total. The summed E-state index contributed by atoms with van der Waals surface area (Å²) in [6, 6.07) is 0.191. The van der Waals surface area contributed by atoms with Crippen molar-refractivity contribution in [3.05, 3.63) is 0 Å². The Labute approximate surface area is 136 Å². The molecule has 0 bridgehead atoms. The van der Waals surface area contributed by atoms with Gasteiger partial charge < -0.3 is 29.0 Å². The maximum absolute atomic E-state index is 12.3. The molecule has 23 heavy (non-hydrogen) atoms. The molecule has 0 aromatic heterocycles. The van der Waals surface area contributed by atoms with Crippen molar-refractivity contribution in [1.82, 2.24) is 5.32 Å². The summed E-state index contributed by atoms with van der Waals surface area (Å²) in [5.74, 6) is 0. The summed E-state index contributed by atoms with van der Waals surface area (Å²) in [6.07, 6.45) is 2.63. The van der Waals surface area contributed by atoms with Crippen LogP contribution in [0.2, 0.25) is 0 Å². The highest BCUT2D eigenvalue weighted by atomic mass is 16.8. The van der Waals surface area contributed by atoms with Crippen molar-refractivity contribution in [3.8, 4) is 0 Å². The first-order valence-corrected chi connectivity index (χ1v) is 8.55. The highest BCUT2D eigenvalue weighted by Crippen LogP contribution is 2.34. The Hall–Kier alpha value is -0.890. The van der Waals surface area contributed by atoms with Crippen molar-refractivity contribution >= 4 is 6.09 Å². The first-order chi connectivity index (χ1) is 11.1. The molecule has 0 aromatic rings. The SMILES string of the molecule is CO[C@@H]1O[C@@H](C)[C@@H]2O[C@@H](C)O[C@@H]2[C@H]1OC(=O)NC1CCCCC1. The van der Waals surface area contributed by atoms with Gasteiger partial charge in [-0.05, 0) is 26.7 Å². The van der Waals surface area contributed by atoms with Gasteiger partial charge in [-0.15, -0.1) is 0 Å². The lowest BCUT2D eigenvalue weighted by molar-refractivity contribution is -0.264. The van der Waals surface area contributed by atoms with E-state index in [2.05, 4.69) is 5.32 Å². The fourth-order valence-electron chi connectivity index (χ4n) is 3.68. The van der Waals surface area contributed by atoms with E-state index in [-0.39, 0.29) is 30.6 Å². The van der Waals surface area contributed by atoms with Crippen LogP contribution in [-0.4, -0.2) is 56.2 Å². The van der Waals surface area contributed by atoms with E-state index >= 15 is 0 Å². The second-order valence-corrected chi connectivity index (χ2v) is 6.56. The average Bonchev–Trinajstić information content (AvgIpc) is 2.93. The maximum atomic E-state index is 12.3. The average molecular weight is 329 g/mol. The molecule has 6 atom stereocenters. The molecule has 2 aliphatic heterocycles. The Morgan fingerprint density at radius 1 is 1.04 bits per heavy atom. The zero-order valence-corrected chi connectivity index (χ0v) is 14.0. The summed E-state index contributed by atoms with van der Waals surface area (Å²) in [6.45, 7) is 3.73. The second kappa shape index (κ2) is 7.34. The predicted molar refractivity (Wildman–Crippen MR) is 80.8 cm³/mol. The molecule has 1 aliphatic carbocycles. The van der Waals surface area contributed by atoms with Crippen LogP contribution < -0.4 is 5.32 Å². The monoisotopic (exact) mass is 329 g/mol. The Balaban J connectivity index is 1.62. The molecule has 132 valence electrons. The normalized spacial score (nSPS) is 41.3. The summed E-state index contributed by atoms with van der Waals surface area (Å²) >= 11 is 0. The predicted octanol–water partition coefficient (Wildman–Crippen LogP) is 1.94. The Morgan fingerprint density at radius 3 is 2.43 bits per heavy atom. The van der Waals surface area contributed by atoms with Crippen molar-refractivity contribution in [2.24, 2.45) is 0 Å². The van der Waals surface area contributed by atoms with Crippen LogP contribution in [0, 0.1) is 0 Å². The fourth-order valence-corrected chi connectivity index (χ4v) is 3.68. The van der Waals surface area contributed by atoms with Crippen LogP contribution in [0.25, 0.3) is 0 Å². The van der Waals surface area contributed by atoms with Crippen LogP contribution in [0.4, 0.5) is 4.79 Å². The highest BCUT2D eigenvalue weighted by molar-refractivity contribution is 5.68. The summed E-state index contributed by atoms with van der Waals surface area (Å²) in [5, 5.41) is 2.94. The first kappa shape index (κ1) is 17.0. The lowest BCUT2D eigenvalue weighted by Crippen LogP contribution is -2.58. The summed E-state index contributed by atoms with van der Waals surface area (Å²) in [7, 11) is 1.53. The first-order valence-electron chi connectivity index (χ1n) is 8.55. The number of ether oxygens (including phenoxy) is 5. The van der Waals surface area contributed by atoms with Crippen molar-refractivity contribution in [2.45, 2.75) is 89.0 Å². The van der Waals surface area contributed by atoms with Crippen LogP contribution in [0.5, 0.6) is 0 Å². The van der Waals surface area contributed by atoms with Gasteiger partial charge in [0.25, 0.3) is 0 Å². The van der Waals surface area contributed by atoms with Crippen LogP contribution >= 0.6 is 0 Å². The number of alkyl carbamates (subject to hydrolysis) is 1. The smallest absolute Gasteiger partial charge is 0.407 e. The summed E-state index contributed by atoms with van der Waals surface area (Å²) < 4.78 is 28.2. The van der Waals surface area contributed by atoms with Gasteiger partial charge in [-0.1, -0.05) is 19.3 Å². The van der Waals surface area contributed by atoms with Crippen molar-refractivity contribution in [3.63, 3.8) is 0 Å². The van der Waals surface area contributed by atoms with Gasteiger partial charge >= 0.3 is 6.09 Å². The lowest BCUT2D eigenvalue weighted by atomic mass is 9.96. The molecule has 1 N–H and O–H groups in total. The van der Waals surface area contributed by atoms with Crippen molar-refractivity contribution in [2.75, 3.05) is 7.11 Å². The highest BCUT2D eigenvalue weighted by Gasteiger charge is 2.52. The number of hydrogen-bond donors (Lipinski definition) is 1. The quantitative estimate of drug-likeness (QED) is 0.853. The van der Waals surface area contributed by atoms with E-state index in [9.17, 15) is 4.79 Å². The molecule has 0 radical (unpaired) electrons. The van der Waals surface area contributed by atoms with Crippen LogP contribution in [0.3, 0.4) is 0 Å². The van der Waals surface area contributed by atoms with E-state index in [0.29, 0.717) is 0 Å². The van der Waals surface area contributed by atoms with E-state index < -0.39 is 18.5 Å². The molecule has 0 spiro atoms. The molecule has 1 amide bonds. The third-order valence-electron chi connectivity index (χ3n) is 4.83. The number of amides is 1. The number of fused-ring (bicyclic) bond motifs is 1. The number of carbonyl (C=O) groups is 1. The number of hydrogen-bond acceptors (Lipinski definition) is 6. The molecule has 7 heteroatoms. The molecule has 3 rings (SSSR count). The summed E-state index contributed by atoms with van der Waals surface area (Å²) in [4.78, 5) is 12.3. The molecule has 2 saturated heterocycles. The standard InChI is InChI=1S/C16H27NO6/c1-9-12-13(22-10(2)21-12)14(15(19-3)20-9)23-16(18)17-11-7-5-4-6-8-11/h9-15H,4-8H2,1-3H3,(H,17,18)/t9-,10+,12-,13-,14+,15+/m0/s1. The molecule has 3 fully saturated rings. The zero-order valence-electron chi connectivity index (χ0n) is 14.0. The maximum Gasteiger partial charge on any atom is 0.407 e. The van der Waals surface area contributed by atoms with Gasteiger partial charge in [-0.3, -0.25) is 0 Å². The third kappa shape index (κ3) is 3.79. The van der Waals surface area contributed by atoms with Crippen LogP contribution in [0.1, 0.15) is 46.0 Å². The fraction of sp³-hybridized carbons (Fsp3) is 0.938. The minimum absolute atomic E-state index is 0.184. The second-order valence-electron chi connectivity index (χ2n) is 6.56. The van der Waals surface area contributed by atoms with Crippen molar-refractivity contribution in [1.29, 1.82) is 0 Å². The molecule has 2 heterocycles. The van der Waals surface area contributed by atoms with E-state index in [1.54, 1.807) is 0 Å². The Morgan fingerprint density at radius 2 is 1.74 bits per heavy atom. The minimum Gasteiger partial charge on any atom is -0.438 e. The van der Waals surface area contributed by atoms with Gasteiger partial charge in [0.15, 0.2) is 18.7 Å². The van der Waals surface area contributed by atoms with Crippen molar-refractivity contribution < 1.29 is 28.5 Å². The van der Waals surface area contributed by atoms with Crippen LogP contribution in [-0.2, 0) is 23.7 Å². The number of carbonyl (C=O) groups excluding carboxylic acids is 1. The third-order valence-corrected chi connectivity index (χ3v) is 4.83. The largest absolute Gasteiger partial charge is 0.438 e. The molecular weight excluding hydrogens is 302 g/mol. The van der Waals surface area contributed by atoms with E-state index in [0.717, 1.165) is 25.7 Å². The Bertz CT molecular complexity index is 413. The summed E-state index contributed by atoms with van der Waals surface area (Å²) in [5.41, 5.74) is 0. The van der Waals surface area contributed by atoms with Gasteiger partial charge in [0, 0.05) is 13.2 Å². The van der Waals surface area contributed by atoms with Gasteiger partial charge in [0.1, 0.15) is 12.2 Å². The lowest BCUT2D eigenvalue weighted by Gasteiger charge is -2.39. The molecule has 0 aromatic carbocycles. The van der Waals surface area contributed by atoms with Gasteiger partial charge in [0.2, 0.25) is 0 Å². The van der Waals surface area contributed by atoms with E-state index in [1.807, 2.05) is 13.8 Å². The van der Waals surface area contributed by atoms with Gasteiger partial charge in [-0.25, -0.2) is 4.79 Å². The molecular formula is C16H27NO6. The van der Waals surface area contributed by atoms with Gasteiger partial charge in [0.05, 0.1) is 6.10 Å². The minimum atomic E-state index is -0.655. The molecule has 1 saturated carbocycles. The van der Waals surface area contributed by atoms with E-state index in [1.165, 1.54) is 13.5 Å². The molecule has 3 aliphatic rings. The van der Waals surface area contributed by atoms with Gasteiger partial charge in [-0.2, -0.15) is 0 Å². The zero-order chi connectivity index (χ0) is 16.4. The topological polar surface area (TPSA) is 75.2 Å². The number of nitrogens with one attached hydrogen (secondary N) is 1. The number of rotatable bonds is 3. The van der Waals surface area contributed by atoms with Crippen LogP contribution in [0.15, 0.2) is 0 Å².